The van der Waals surface area contributed by atoms with E-state index in [0.29, 0.717) is 40.6 Å². The summed E-state index contributed by atoms with van der Waals surface area (Å²) in [7, 11) is 1.61. The van der Waals surface area contributed by atoms with E-state index < -0.39 is 5.97 Å². The first kappa shape index (κ1) is 25.8. The number of nitrogens with zero attached hydrogens (tertiary/aromatic N) is 4. The van der Waals surface area contributed by atoms with Gasteiger partial charge in [-0.3, -0.25) is 9.36 Å². The van der Waals surface area contributed by atoms with Crippen molar-refractivity contribution in [3.63, 3.8) is 0 Å². The molecule has 0 unspecified atom stereocenters. The molecule has 0 aliphatic heterocycles. The van der Waals surface area contributed by atoms with Gasteiger partial charge in [0.2, 0.25) is 5.95 Å². The fourth-order valence-electron chi connectivity index (χ4n) is 2.32. The summed E-state index contributed by atoms with van der Waals surface area (Å²) in [6.45, 7) is 6.58. The maximum absolute atomic E-state index is 12.7. The van der Waals surface area contributed by atoms with E-state index >= 15 is 0 Å². The Morgan fingerprint density at radius 3 is 2.94 bits per heavy atom. The molecule has 33 heavy (non-hydrogen) atoms. The molecule has 0 spiro atoms. The highest BCUT2D eigenvalue weighted by atomic mass is 79.9. The predicted octanol–water partition coefficient (Wildman–Crippen LogP) is 1.10. The van der Waals surface area contributed by atoms with Crippen LogP contribution in [0, 0.1) is 11.3 Å². The van der Waals surface area contributed by atoms with Crippen molar-refractivity contribution in [2.75, 3.05) is 37.5 Å². The minimum atomic E-state index is -0.842. The van der Waals surface area contributed by atoms with Gasteiger partial charge in [0.1, 0.15) is 27.7 Å². The maximum Gasteiger partial charge on any atom is 0.357 e. The topological polar surface area (TPSA) is 131 Å². The average Bonchev–Trinajstić information content (AvgIpc) is 3.11. The minimum absolute atomic E-state index is 0.0358. The highest BCUT2D eigenvalue weighted by molar-refractivity contribution is 9.10. The van der Waals surface area contributed by atoms with E-state index in [-0.39, 0.29) is 22.3 Å². The van der Waals surface area contributed by atoms with Crippen LogP contribution in [0.1, 0.15) is 6.92 Å². The number of esters is 1. The number of hydrogen-bond acceptors (Lipinski definition) is 10. The quantitative estimate of drug-likeness (QED) is 0.152. The SMILES string of the molecule is C=CCOC(=O)C(=C=c1sc(=C=CNc2ncc(Br)c(NCCOC)n2)c(=O)n1CC)C#N. The van der Waals surface area contributed by atoms with Crippen molar-refractivity contribution in [3.05, 3.63) is 54.6 Å². The van der Waals surface area contributed by atoms with Crippen molar-refractivity contribution in [2.45, 2.75) is 13.5 Å². The smallest absolute Gasteiger partial charge is 0.357 e. The molecule has 2 rings (SSSR count). The molecule has 172 valence electrons. The number of rotatable bonds is 10. The number of ether oxygens (including phenoxy) is 2. The lowest BCUT2D eigenvalue weighted by Crippen LogP contribution is -2.30. The highest BCUT2D eigenvalue weighted by Gasteiger charge is 2.10. The molecule has 0 aliphatic rings. The standard InChI is InChI=1S/C21H21BrN6O4S/c1-4-9-32-20(30)14(12-23)11-17-28(5-2)19(29)16(33-17)6-7-25-21-26-13-15(22)18(27-21)24-8-10-31-3/h4,7,13H,1,5,8-10H2,2-3H3,(H2,24,25,26,27). The van der Waals surface area contributed by atoms with E-state index in [4.69, 9.17) is 9.47 Å². The molecule has 10 nitrogen and oxygen atoms in total. The van der Waals surface area contributed by atoms with Gasteiger partial charge in [-0.1, -0.05) is 35.5 Å². The van der Waals surface area contributed by atoms with Crippen LogP contribution >= 0.6 is 27.3 Å². The van der Waals surface area contributed by atoms with Gasteiger partial charge in [0.15, 0.2) is 5.57 Å². The molecule has 0 saturated carbocycles. The van der Waals surface area contributed by atoms with Crippen molar-refractivity contribution in [1.82, 2.24) is 14.5 Å². The van der Waals surface area contributed by atoms with Crippen LogP contribution in [0.2, 0.25) is 0 Å². The molecular weight excluding hydrogens is 512 g/mol. The summed E-state index contributed by atoms with van der Waals surface area (Å²) in [5, 5.41) is 15.2. The zero-order chi connectivity index (χ0) is 24.2. The van der Waals surface area contributed by atoms with E-state index in [1.54, 1.807) is 26.3 Å². The Hall–Kier alpha value is -3.45. The van der Waals surface area contributed by atoms with Gasteiger partial charge in [-0.2, -0.15) is 10.2 Å². The van der Waals surface area contributed by atoms with E-state index in [0.717, 1.165) is 11.3 Å². The third-order valence-corrected chi connectivity index (χ3v) is 5.42. The summed E-state index contributed by atoms with van der Waals surface area (Å²) >= 11 is 4.40. The van der Waals surface area contributed by atoms with Crippen LogP contribution in [0.3, 0.4) is 0 Å². The molecule has 0 bridgehead atoms. The summed E-state index contributed by atoms with van der Waals surface area (Å²) in [4.78, 5) is 33.1. The van der Waals surface area contributed by atoms with Crippen LogP contribution in [0.4, 0.5) is 11.8 Å². The number of carbonyl (C=O) groups excluding carboxylic acids is 1. The number of hydrogen-bond donors (Lipinski definition) is 2. The van der Waals surface area contributed by atoms with Crippen molar-refractivity contribution < 1.29 is 14.3 Å². The molecule has 2 N–H and O–H groups in total. The van der Waals surface area contributed by atoms with Crippen LogP contribution in [-0.4, -0.2) is 47.4 Å². The van der Waals surface area contributed by atoms with Gasteiger partial charge >= 0.3 is 5.97 Å². The zero-order valence-electron chi connectivity index (χ0n) is 18.0. The second kappa shape index (κ2) is 13.2. The maximum atomic E-state index is 12.7. The largest absolute Gasteiger partial charge is 0.457 e. The number of nitrogens with one attached hydrogen (secondary N) is 2. The summed E-state index contributed by atoms with van der Waals surface area (Å²) in [5.74, 6) is 0.0316. The Balaban J connectivity index is 2.42. The number of aromatic nitrogens is 3. The zero-order valence-corrected chi connectivity index (χ0v) is 20.4. The molecule has 0 aliphatic carbocycles. The van der Waals surface area contributed by atoms with Crippen LogP contribution in [0.5, 0.6) is 0 Å². The molecule has 12 heteroatoms. The van der Waals surface area contributed by atoms with E-state index in [1.165, 1.54) is 16.8 Å². The van der Waals surface area contributed by atoms with Crippen LogP contribution in [-0.2, 0) is 20.8 Å². The number of anilines is 2. The number of thiazole rings is 1. The lowest BCUT2D eigenvalue weighted by atomic mass is 10.3. The second-order valence-electron chi connectivity index (χ2n) is 6.03. The number of halogens is 1. The molecule has 2 heterocycles. The first-order valence-corrected chi connectivity index (χ1v) is 11.2. The Morgan fingerprint density at radius 2 is 2.27 bits per heavy atom. The van der Waals surface area contributed by atoms with Crippen LogP contribution in [0.15, 0.2) is 39.9 Å². The van der Waals surface area contributed by atoms with E-state index in [9.17, 15) is 14.9 Å². The Kier molecular flexibility index (Phi) is 10.3. The first-order valence-electron chi connectivity index (χ1n) is 9.60. The third kappa shape index (κ3) is 7.29. The van der Waals surface area contributed by atoms with Crippen molar-refractivity contribution in [3.8, 4) is 6.07 Å². The molecular formula is C21H21BrN6O4S. The average molecular weight is 533 g/mol. The van der Waals surface area contributed by atoms with Gasteiger partial charge in [0.05, 0.1) is 11.1 Å². The molecule has 0 radical (unpaired) electrons. The Labute approximate surface area is 202 Å². The van der Waals surface area contributed by atoms with Gasteiger partial charge in [-0.25, -0.2) is 9.78 Å². The molecule has 0 fully saturated rings. The molecule has 0 aromatic carbocycles. The second-order valence-corrected chi connectivity index (χ2v) is 7.88. The first-order chi connectivity index (χ1) is 15.9. The van der Waals surface area contributed by atoms with E-state index in [2.05, 4.69) is 54.6 Å². The minimum Gasteiger partial charge on any atom is -0.457 e. The predicted molar refractivity (Wildman–Crippen MR) is 129 cm³/mol. The summed E-state index contributed by atoms with van der Waals surface area (Å²) in [6.07, 6.45) is 4.38. The lowest BCUT2D eigenvalue weighted by Gasteiger charge is -2.07. The van der Waals surface area contributed by atoms with Crippen LogP contribution < -0.4 is 25.4 Å². The molecule has 0 atom stereocenters. The third-order valence-electron chi connectivity index (χ3n) is 3.83. The van der Waals surface area contributed by atoms with Crippen molar-refractivity contribution in [1.29, 1.82) is 5.26 Å². The number of nitriles is 1. The highest BCUT2D eigenvalue weighted by Crippen LogP contribution is 2.19. The van der Waals surface area contributed by atoms with Gasteiger partial charge in [-0.05, 0) is 22.9 Å². The monoisotopic (exact) mass is 532 g/mol. The molecule has 2 aromatic heterocycles. The van der Waals surface area contributed by atoms with Gasteiger partial charge in [-0.15, -0.1) is 0 Å². The number of carbonyl (C=O) groups is 1. The van der Waals surface area contributed by atoms with E-state index in [1.807, 2.05) is 0 Å². The van der Waals surface area contributed by atoms with Crippen molar-refractivity contribution >= 4 is 56.5 Å². The normalized spacial score (nSPS) is 9.76. The van der Waals surface area contributed by atoms with Gasteiger partial charge in [0.25, 0.3) is 5.56 Å². The number of methoxy groups -OCH3 is 1. The van der Waals surface area contributed by atoms with Crippen molar-refractivity contribution in [2.24, 2.45) is 0 Å². The van der Waals surface area contributed by atoms with Gasteiger partial charge in [0, 0.05) is 32.6 Å². The molecule has 0 amide bonds. The lowest BCUT2D eigenvalue weighted by molar-refractivity contribution is -0.137. The Bertz CT molecular complexity index is 1310. The Morgan fingerprint density at radius 1 is 1.48 bits per heavy atom. The summed E-state index contributed by atoms with van der Waals surface area (Å²) in [6, 6.07) is 1.75. The molecule has 2 aromatic rings. The summed E-state index contributed by atoms with van der Waals surface area (Å²) < 4.78 is 12.5. The fraction of sp³-hybridized carbons (Fsp3) is 0.286. The van der Waals surface area contributed by atoms with Crippen LogP contribution in [0.25, 0.3) is 11.5 Å². The fourth-order valence-corrected chi connectivity index (χ4v) is 3.63. The van der Waals surface area contributed by atoms with Gasteiger partial charge < -0.3 is 20.1 Å². The molecule has 0 saturated heterocycles. The summed E-state index contributed by atoms with van der Waals surface area (Å²) in [5.41, 5.74) is 4.85.